The van der Waals surface area contributed by atoms with Crippen LogP contribution in [0.15, 0.2) is 12.2 Å². The van der Waals surface area contributed by atoms with Crippen LogP contribution in [0.25, 0.3) is 0 Å². The standard InChI is InChI=1S/C11H20O/c1-8(2)10-7-9(5-6-12)11(10,3)4/h9-10,12H,1,5-7H2,2-4H3/t9-,10-/m0/s1. The van der Waals surface area contributed by atoms with Gasteiger partial charge in [-0.2, -0.15) is 0 Å². The van der Waals surface area contributed by atoms with Gasteiger partial charge in [-0.25, -0.2) is 0 Å². The summed E-state index contributed by atoms with van der Waals surface area (Å²) in [7, 11) is 0. The van der Waals surface area contributed by atoms with Crippen molar-refractivity contribution in [3.8, 4) is 0 Å². The van der Waals surface area contributed by atoms with E-state index < -0.39 is 0 Å². The molecule has 0 bridgehead atoms. The van der Waals surface area contributed by atoms with Crippen molar-refractivity contribution in [3.63, 3.8) is 0 Å². The van der Waals surface area contributed by atoms with E-state index >= 15 is 0 Å². The fraction of sp³-hybridized carbons (Fsp3) is 0.818. The molecule has 1 rings (SSSR count). The molecule has 1 nitrogen and oxygen atoms in total. The molecule has 1 fully saturated rings. The Morgan fingerprint density at radius 3 is 2.50 bits per heavy atom. The number of aliphatic hydroxyl groups is 1. The molecule has 70 valence electrons. The van der Waals surface area contributed by atoms with Crippen LogP contribution in [0.3, 0.4) is 0 Å². The van der Waals surface area contributed by atoms with Crippen molar-refractivity contribution < 1.29 is 5.11 Å². The molecule has 0 aliphatic heterocycles. The molecule has 0 saturated heterocycles. The zero-order valence-electron chi connectivity index (χ0n) is 8.43. The summed E-state index contributed by atoms with van der Waals surface area (Å²) in [4.78, 5) is 0. The first-order valence-corrected chi connectivity index (χ1v) is 4.76. The molecule has 1 aliphatic carbocycles. The van der Waals surface area contributed by atoms with Crippen LogP contribution in [0, 0.1) is 17.3 Å². The number of rotatable bonds is 3. The summed E-state index contributed by atoms with van der Waals surface area (Å²) >= 11 is 0. The van der Waals surface area contributed by atoms with E-state index in [4.69, 9.17) is 5.11 Å². The van der Waals surface area contributed by atoms with Crippen LogP contribution in [0.2, 0.25) is 0 Å². The molecule has 1 N–H and O–H groups in total. The van der Waals surface area contributed by atoms with Crippen LogP contribution in [0.4, 0.5) is 0 Å². The van der Waals surface area contributed by atoms with Crippen LogP contribution in [0.5, 0.6) is 0 Å². The molecule has 0 aromatic heterocycles. The molecule has 1 aliphatic rings. The molecule has 0 aromatic carbocycles. The maximum absolute atomic E-state index is 8.84. The Balaban J connectivity index is 2.53. The summed E-state index contributed by atoms with van der Waals surface area (Å²) < 4.78 is 0. The highest BCUT2D eigenvalue weighted by atomic mass is 16.3. The summed E-state index contributed by atoms with van der Waals surface area (Å²) in [6.07, 6.45) is 2.18. The summed E-state index contributed by atoms with van der Waals surface area (Å²) in [6.45, 7) is 11.0. The van der Waals surface area contributed by atoms with Gasteiger partial charge in [0, 0.05) is 6.61 Å². The molecule has 12 heavy (non-hydrogen) atoms. The van der Waals surface area contributed by atoms with E-state index in [-0.39, 0.29) is 0 Å². The number of hydrogen-bond acceptors (Lipinski definition) is 1. The molecule has 2 atom stereocenters. The lowest BCUT2D eigenvalue weighted by atomic mass is 9.52. The minimum absolute atomic E-state index is 0.330. The van der Waals surface area contributed by atoms with Gasteiger partial charge in [-0.1, -0.05) is 26.0 Å². The Morgan fingerprint density at radius 1 is 1.58 bits per heavy atom. The third kappa shape index (κ3) is 1.42. The van der Waals surface area contributed by atoms with E-state index in [0.29, 0.717) is 23.9 Å². The lowest BCUT2D eigenvalue weighted by Gasteiger charge is -2.53. The topological polar surface area (TPSA) is 20.2 Å². The molecule has 1 saturated carbocycles. The van der Waals surface area contributed by atoms with Crippen molar-refractivity contribution >= 4 is 0 Å². The highest BCUT2D eigenvalue weighted by Crippen LogP contribution is 2.55. The first-order valence-electron chi connectivity index (χ1n) is 4.76. The third-order valence-electron chi connectivity index (χ3n) is 3.54. The van der Waals surface area contributed by atoms with Crippen molar-refractivity contribution in [2.24, 2.45) is 17.3 Å². The number of aliphatic hydroxyl groups excluding tert-OH is 1. The van der Waals surface area contributed by atoms with Gasteiger partial charge in [0.05, 0.1) is 0 Å². The van der Waals surface area contributed by atoms with Crippen molar-refractivity contribution in [2.45, 2.75) is 33.6 Å². The maximum atomic E-state index is 8.84. The average molecular weight is 168 g/mol. The van der Waals surface area contributed by atoms with Gasteiger partial charge in [0.1, 0.15) is 0 Å². The normalized spacial score (nSPS) is 32.7. The van der Waals surface area contributed by atoms with E-state index in [1.54, 1.807) is 0 Å². The number of hydrogen-bond donors (Lipinski definition) is 1. The van der Waals surface area contributed by atoms with Gasteiger partial charge >= 0.3 is 0 Å². The lowest BCUT2D eigenvalue weighted by molar-refractivity contribution is -0.0110. The molecule has 0 unspecified atom stereocenters. The van der Waals surface area contributed by atoms with Gasteiger partial charge in [-0.15, -0.1) is 0 Å². The zero-order valence-corrected chi connectivity index (χ0v) is 8.43. The summed E-state index contributed by atoms with van der Waals surface area (Å²) in [5, 5.41) is 8.84. The van der Waals surface area contributed by atoms with E-state index in [1.807, 2.05) is 0 Å². The average Bonchev–Trinajstić information content (AvgIpc) is 1.96. The van der Waals surface area contributed by atoms with E-state index in [2.05, 4.69) is 27.4 Å². The first kappa shape index (κ1) is 9.79. The van der Waals surface area contributed by atoms with Gasteiger partial charge in [0.25, 0.3) is 0 Å². The SMILES string of the molecule is C=C(C)[C@@H]1C[C@H](CCO)C1(C)C. The fourth-order valence-corrected chi connectivity index (χ4v) is 2.50. The largest absolute Gasteiger partial charge is 0.396 e. The second kappa shape index (κ2) is 3.21. The van der Waals surface area contributed by atoms with Crippen molar-refractivity contribution in [3.05, 3.63) is 12.2 Å². The summed E-state index contributed by atoms with van der Waals surface area (Å²) in [5.74, 6) is 1.37. The Hall–Kier alpha value is -0.300. The number of allylic oxidation sites excluding steroid dienone is 1. The Bertz CT molecular complexity index is 181. The fourth-order valence-electron chi connectivity index (χ4n) is 2.50. The molecule has 0 heterocycles. The van der Waals surface area contributed by atoms with Crippen LogP contribution < -0.4 is 0 Å². The Kier molecular flexibility index (Phi) is 2.62. The molecule has 0 radical (unpaired) electrons. The highest BCUT2D eigenvalue weighted by molar-refractivity contribution is 5.11. The van der Waals surface area contributed by atoms with Crippen molar-refractivity contribution in [2.75, 3.05) is 6.61 Å². The third-order valence-corrected chi connectivity index (χ3v) is 3.54. The molecular weight excluding hydrogens is 148 g/mol. The van der Waals surface area contributed by atoms with Gasteiger partial charge in [0.15, 0.2) is 0 Å². The summed E-state index contributed by atoms with van der Waals surface area (Å²) in [5.41, 5.74) is 1.67. The van der Waals surface area contributed by atoms with Crippen molar-refractivity contribution in [1.29, 1.82) is 0 Å². The van der Waals surface area contributed by atoms with Crippen LogP contribution in [0.1, 0.15) is 33.6 Å². The quantitative estimate of drug-likeness (QED) is 0.642. The van der Waals surface area contributed by atoms with Crippen molar-refractivity contribution in [1.82, 2.24) is 0 Å². The van der Waals surface area contributed by atoms with Gasteiger partial charge in [-0.3, -0.25) is 0 Å². The smallest absolute Gasteiger partial charge is 0.0433 e. The second-order valence-corrected chi connectivity index (χ2v) is 4.67. The molecule has 0 aromatic rings. The minimum Gasteiger partial charge on any atom is -0.396 e. The zero-order chi connectivity index (χ0) is 9.35. The van der Waals surface area contributed by atoms with E-state index in [1.165, 1.54) is 12.0 Å². The Labute approximate surface area is 75.5 Å². The van der Waals surface area contributed by atoms with Gasteiger partial charge < -0.3 is 5.11 Å². The molecule has 1 heteroatoms. The van der Waals surface area contributed by atoms with Crippen LogP contribution >= 0.6 is 0 Å². The molecular formula is C11H20O. The Morgan fingerprint density at radius 2 is 2.17 bits per heavy atom. The van der Waals surface area contributed by atoms with Crippen LogP contribution in [-0.2, 0) is 0 Å². The minimum atomic E-state index is 0.330. The predicted octanol–water partition coefficient (Wildman–Crippen LogP) is 2.61. The van der Waals surface area contributed by atoms with Crippen LogP contribution in [-0.4, -0.2) is 11.7 Å². The molecule has 0 amide bonds. The maximum Gasteiger partial charge on any atom is 0.0433 e. The second-order valence-electron chi connectivity index (χ2n) is 4.67. The van der Waals surface area contributed by atoms with E-state index in [0.717, 1.165) is 6.42 Å². The molecule has 0 spiro atoms. The van der Waals surface area contributed by atoms with Gasteiger partial charge in [-0.05, 0) is 37.0 Å². The van der Waals surface area contributed by atoms with Gasteiger partial charge in [0.2, 0.25) is 0 Å². The predicted molar refractivity (Wildman–Crippen MR) is 51.9 cm³/mol. The monoisotopic (exact) mass is 168 g/mol. The lowest BCUT2D eigenvalue weighted by Crippen LogP contribution is -2.45. The first-order chi connectivity index (χ1) is 5.50. The summed E-state index contributed by atoms with van der Waals surface area (Å²) in [6, 6.07) is 0. The van der Waals surface area contributed by atoms with E-state index in [9.17, 15) is 0 Å². The highest BCUT2D eigenvalue weighted by Gasteiger charge is 2.47.